The molecule has 3 rings (SSSR count). The van der Waals surface area contributed by atoms with Crippen LogP contribution in [0, 0.1) is 17.3 Å². The molecule has 1 aromatic rings. The van der Waals surface area contributed by atoms with Gasteiger partial charge in [0.15, 0.2) is 0 Å². The van der Waals surface area contributed by atoms with Crippen LogP contribution in [0.15, 0.2) is 11.0 Å². The van der Waals surface area contributed by atoms with Crippen molar-refractivity contribution in [3.05, 3.63) is 21.7 Å². The summed E-state index contributed by atoms with van der Waals surface area (Å²) in [6.07, 6.45) is 3.90. The largest absolute Gasteiger partial charge is 0.392 e. The molecule has 0 radical (unpaired) electrons. The van der Waals surface area contributed by atoms with E-state index in [1.165, 1.54) is 0 Å². The first-order valence-electron chi connectivity index (χ1n) is 13.3. The predicted octanol–water partition coefficient (Wildman–Crippen LogP) is 4.30. The average molecular weight is 521 g/mol. The summed E-state index contributed by atoms with van der Waals surface area (Å²) in [5.41, 5.74) is 0.433. The van der Waals surface area contributed by atoms with Crippen LogP contribution in [-0.4, -0.2) is 56.8 Å². The van der Waals surface area contributed by atoms with E-state index in [1.54, 1.807) is 32.1 Å². The van der Waals surface area contributed by atoms with Gasteiger partial charge in [0.2, 0.25) is 5.91 Å². The molecule has 0 aromatic carbocycles. The van der Waals surface area contributed by atoms with Crippen molar-refractivity contribution < 1.29 is 24.5 Å². The minimum Gasteiger partial charge on any atom is -0.392 e. The number of ether oxygens (including phenoxy) is 1. The first-order chi connectivity index (χ1) is 16.8. The highest BCUT2D eigenvalue weighted by Crippen LogP contribution is 2.44. The molecule has 2 aliphatic rings. The Labute approximate surface area is 219 Å². The van der Waals surface area contributed by atoms with Crippen LogP contribution in [0.5, 0.6) is 0 Å². The molecule has 7 atom stereocenters. The number of thiazole rings is 1. The van der Waals surface area contributed by atoms with Gasteiger partial charge >= 0.3 is 0 Å². The fourth-order valence-electron chi connectivity index (χ4n) is 5.30. The second-order valence-corrected chi connectivity index (χ2v) is 12.6. The Morgan fingerprint density at radius 1 is 1.28 bits per heavy atom. The number of fused-ring (bicyclic) bond motifs is 1. The summed E-state index contributed by atoms with van der Waals surface area (Å²) in [6.45, 7) is 13.2. The number of aromatic nitrogens is 1. The molecule has 0 aliphatic carbocycles. The molecule has 2 fully saturated rings. The third-order valence-corrected chi connectivity index (χ3v) is 9.32. The van der Waals surface area contributed by atoms with Gasteiger partial charge < -0.3 is 20.3 Å². The van der Waals surface area contributed by atoms with Crippen molar-refractivity contribution in [1.82, 2.24) is 10.3 Å². The van der Waals surface area contributed by atoms with Crippen molar-refractivity contribution in [3.8, 4) is 0 Å². The highest BCUT2D eigenvalue weighted by Gasteiger charge is 2.52. The number of carbonyl (C=O) groups is 2. The molecule has 1 unspecified atom stereocenters. The van der Waals surface area contributed by atoms with E-state index in [0.29, 0.717) is 6.42 Å². The van der Waals surface area contributed by atoms with Crippen molar-refractivity contribution >= 4 is 29.1 Å². The molecular formula is C28H44N2O5S. The van der Waals surface area contributed by atoms with Gasteiger partial charge in [0.1, 0.15) is 5.78 Å². The second-order valence-electron chi connectivity index (χ2n) is 11.6. The zero-order valence-electron chi connectivity index (χ0n) is 22.8. The minimum atomic E-state index is -1.17. The van der Waals surface area contributed by atoms with Crippen LogP contribution < -0.4 is 5.32 Å². The van der Waals surface area contributed by atoms with Crippen molar-refractivity contribution in [3.63, 3.8) is 0 Å². The number of carbonyl (C=O) groups excluding carboxylic acids is 2. The van der Waals surface area contributed by atoms with E-state index in [9.17, 15) is 19.8 Å². The summed E-state index contributed by atoms with van der Waals surface area (Å²) in [6, 6.07) is -0.269. The topological polar surface area (TPSA) is 112 Å². The molecular weight excluding hydrogens is 476 g/mol. The molecule has 1 amide bonds. The first-order valence-corrected chi connectivity index (χ1v) is 14.2. The Bertz CT molecular complexity index is 973. The number of epoxide rings is 1. The standard InChI is InChI=1S/C28H44N2O5S/c1-8-24-29-19(15-36-24)12-17(3)20-13-22-28(7,35-22)11-9-10-16(2)25(33)18(4)26(34)27(5,6)21(31)14-23(32)30-20/h12,15-16,18,20-22,25,31,33H,8-11,13-14H2,1-7H3,(H,30,32)/b17-12+/t16-,18+,20-,21-,22?,25-,28+/m0/s1. The number of nitrogens with one attached hydrogen (secondary N) is 1. The first kappa shape index (κ1) is 29.0. The summed E-state index contributed by atoms with van der Waals surface area (Å²) in [4.78, 5) is 31.0. The molecule has 202 valence electrons. The van der Waals surface area contributed by atoms with Gasteiger partial charge in [-0.25, -0.2) is 4.98 Å². The van der Waals surface area contributed by atoms with Crippen LogP contribution in [0.3, 0.4) is 0 Å². The van der Waals surface area contributed by atoms with Crippen LogP contribution in [0.4, 0.5) is 0 Å². The number of aliphatic hydroxyl groups is 2. The number of nitrogens with zero attached hydrogens (tertiary/aromatic N) is 1. The third-order valence-electron chi connectivity index (χ3n) is 8.31. The Kier molecular flexibility index (Phi) is 9.18. The Morgan fingerprint density at radius 3 is 2.61 bits per heavy atom. The molecule has 3 heterocycles. The fourth-order valence-corrected chi connectivity index (χ4v) is 6.00. The summed E-state index contributed by atoms with van der Waals surface area (Å²) < 4.78 is 6.11. The number of amides is 1. The molecule has 3 N–H and O–H groups in total. The van der Waals surface area contributed by atoms with Gasteiger partial charge in [-0.05, 0) is 50.7 Å². The van der Waals surface area contributed by atoms with Crippen molar-refractivity contribution in [2.24, 2.45) is 17.3 Å². The molecule has 2 saturated heterocycles. The Hall–Kier alpha value is -1.61. The molecule has 36 heavy (non-hydrogen) atoms. The number of aryl methyl sites for hydroxylation is 1. The lowest BCUT2D eigenvalue weighted by molar-refractivity contribution is -0.143. The van der Waals surface area contributed by atoms with Gasteiger partial charge in [-0.15, -0.1) is 11.3 Å². The van der Waals surface area contributed by atoms with E-state index in [1.807, 2.05) is 25.3 Å². The van der Waals surface area contributed by atoms with E-state index in [4.69, 9.17) is 4.74 Å². The molecule has 0 bridgehead atoms. The van der Waals surface area contributed by atoms with Gasteiger partial charge in [0.05, 0.1) is 52.5 Å². The number of ketones is 1. The van der Waals surface area contributed by atoms with E-state index >= 15 is 0 Å². The molecule has 8 heteroatoms. The summed E-state index contributed by atoms with van der Waals surface area (Å²) in [5.74, 6) is -1.23. The monoisotopic (exact) mass is 520 g/mol. The van der Waals surface area contributed by atoms with Gasteiger partial charge in [-0.1, -0.05) is 41.0 Å². The van der Waals surface area contributed by atoms with E-state index in [2.05, 4.69) is 24.1 Å². The molecule has 0 saturated carbocycles. The van der Waals surface area contributed by atoms with Crippen molar-refractivity contribution in [2.45, 2.75) is 117 Å². The SMILES string of the molecule is CCc1nc(/C=C(\C)[C@@H]2CC3O[C@]3(C)CCC[C@H](C)[C@H](O)[C@@H](C)C(=O)C(C)(C)[C@@H](O)CC(=O)N2)cs1. The molecule has 0 spiro atoms. The summed E-state index contributed by atoms with van der Waals surface area (Å²) in [7, 11) is 0. The van der Waals surface area contributed by atoms with Crippen LogP contribution >= 0.6 is 11.3 Å². The lowest BCUT2D eigenvalue weighted by Crippen LogP contribution is -2.47. The molecule has 2 aliphatic heterocycles. The average Bonchev–Trinajstić information content (AvgIpc) is 3.23. The summed E-state index contributed by atoms with van der Waals surface area (Å²) >= 11 is 1.62. The van der Waals surface area contributed by atoms with Crippen LogP contribution in [-0.2, 0) is 20.7 Å². The van der Waals surface area contributed by atoms with E-state index in [-0.39, 0.29) is 41.8 Å². The smallest absolute Gasteiger partial charge is 0.223 e. The zero-order valence-corrected chi connectivity index (χ0v) is 23.7. The zero-order chi connectivity index (χ0) is 26.8. The maximum atomic E-state index is 13.3. The number of hydrogen-bond donors (Lipinski definition) is 3. The van der Waals surface area contributed by atoms with Crippen molar-refractivity contribution in [2.75, 3.05) is 0 Å². The minimum absolute atomic E-state index is 0.0165. The van der Waals surface area contributed by atoms with Crippen LogP contribution in [0.1, 0.15) is 91.3 Å². The number of aliphatic hydroxyl groups excluding tert-OH is 2. The predicted molar refractivity (Wildman–Crippen MR) is 143 cm³/mol. The highest BCUT2D eigenvalue weighted by atomic mass is 32.1. The molecule has 1 aromatic heterocycles. The second kappa shape index (κ2) is 11.4. The number of hydrogen-bond acceptors (Lipinski definition) is 7. The van der Waals surface area contributed by atoms with Gasteiger partial charge in [-0.3, -0.25) is 9.59 Å². The van der Waals surface area contributed by atoms with Crippen LogP contribution in [0.25, 0.3) is 6.08 Å². The number of rotatable bonds is 3. The van der Waals surface area contributed by atoms with E-state index < -0.39 is 23.5 Å². The molecule has 7 nitrogen and oxygen atoms in total. The van der Waals surface area contributed by atoms with Gasteiger partial charge in [0.25, 0.3) is 0 Å². The Balaban J connectivity index is 1.85. The fraction of sp³-hybridized carbons (Fsp3) is 0.750. The Morgan fingerprint density at radius 2 is 1.97 bits per heavy atom. The number of Topliss-reactive ketones (excluding diaryl/α,β-unsaturated/α-hetero) is 1. The lowest BCUT2D eigenvalue weighted by atomic mass is 9.72. The van der Waals surface area contributed by atoms with Gasteiger partial charge in [0, 0.05) is 17.7 Å². The van der Waals surface area contributed by atoms with E-state index in [0.717, 1.165) is 42.0 Å². The van der Waals surface area contributed by atoms with Crippen molar-refractivity contribution in [1.29, 1.82) is 0 Å². The van der Waals surface area contributed by atoms with Crippen LogP contribution in [0.2, 0.25) is 0 Å². The normalized spacial score (nSPS) is 36.8. The summed E-state index contributed by atoms with van der Waals surface area (Å²) in [5, 5.41) is 28.0. The van der Waals surface area contributed by atoms with Gasteiger partial charge in [-0.2, -0.15) is 0 Å². The third kappa shape index (κ3) is 6.63. The quantitative estimate of drug-likeness (QED) is 0.512. The highest BCUT2D eigenvalue weighted by molar-refractivity contribution is 7.09. The lowest BCUT2D eigenvalue weighted by Gasteiger charge is -2.34. The maximum Gasteiger partial charge on any atom is 0.223 e. The maximum absolute atomic E-state index is 13.3.